The topological polar surface area (TPSA) is 73.1 Å². The summed E-state index contributed by atoms with van der Waals surface area (Å²) in [5.41, 5.74) is 0.928. The van der Waals surface area contributed by atoms with E-state index in [4.69, 9.17) is 4.43 Å². The second-order valence-corrected chi connectivity index (χ2v) is 13.4. The number of thioether (sulfide) groups is 1. The minimum atomic E-state index is -1.82. The fraction of sp³-hybridized carbons (Fsp3) is 0.588. The molecule has 138 valence electrons. The standard InChI is InChI=1S/C17H28N4O2SSi/c1-17(2,3)25(4,5)23-13-15(22)11-12-24-16-18-19-20-21(16)14-9-7-6-8-10-14/h6-10,15,22H,11-13H2,1-5H3/t15-/m0/s1. The maximum absolute atomic E-state index is 10.2. The van der Waals surface area contributed by atoms with Gasteiger partial charge >= 0.3 is 0 Å². The minimum Gasteiger partial charge on any atom is -0.414 e. The lowest BCUT2D eigenvalue weighted by Gasteiger charge is -2.36. The van der Waals surface area contributed by atoms with Gasteiger partial charge in [-0.2, -0.15) is 4.68 Å². The molecule has 0 fully saturated rings. The van der Waals surface area contributed by atoms with E-state index < -0.39 is 14.4 Å². The van der Waals surface area contributed by atoms with E-state index >= 15 is 0 Å². The molecule has 1 aromatic carbocycles. The lowest BCUT2D eigenvalue weighted by atomic mass is 10.2. The molecule has 1 atom stereocenters. The van der Waals surface area contributed by atoms with Crippen molar-refractivity contribution < 1.29 is 9.53 Å². The fourth-order valence-electron chi connectivity index (χ4n) is 1.89. The zero-order chi connectivity index (χ0) is 18.5. The molecule has 0 spiro atoms. The predicted molar refractivity (Wildman–Crippen MR) is 104 cm³/mol. The number of rotatable bonds is 8. The van der Waals surface area contributed by atoms with E-state index in [0.717, 1.165) is 16.6 Å². The van der Waals surface area contributed by atoms with E-state index in [1.165, 1.54) is 11.8 Å². The van der Waals surface area contributed by atoms with Crippen molar-refractivity contribution in [3.8, 4) is 5.69 Å². The van der Waals surface area contributed by atoms with E-state index in [9.17, 15) is 5.11 Å². The highest BCUT2D eigenvalue weighted by atomic mass is 32.2. The van der Waals surface area contributed by atoms with Crippen LogP contribution in [0.3, 0.4) is 0 Å². The van der Waals surface area contributed by atoms with Crippen LogP contribution in [0.2, 0.25) is 18.1 Å². The molecule has 25 heavy (non-hydrogen) atoms. The van der Waals surface area contributed by atoms with Crippen LogP contribution in [0.1, 0.15) is 27.2 Å². The SMILES string of the molecule is CC(C)(C)[Si](C)(C)OC[C@@H](O)CCSc1nnnn1-c1ccccc1. The first-order chi connectivity index (χ1) is 11.7. The van der Waals surface area contributed by atoms with Gasteiger partial charge in [-0.25, -0.2) is 0 Å². The third kappa shape index (κ3) is 5.63. The summed E-state index contributed by atoms with van der Waals surface area (Å²) in [4.78, 5) is 0. The monoisotopic (exact) mass is 380 g/mol. The van der Waals surface area contributed by atoms with Gasteiger partial charge in [-0.15, -0.1) is 5.10 Å². The van der Waals surface area contributed by atoms with E-state index in [-0.39, 0.29) is 5.04 Å². The molecule has 2 aromatic rings. The molecule has 1 heterocycles. The minimum absolute atomic E-state index is 0.152. The molecule has 0 amide bonds. The Hall–Kier alpha value is -1.22. The first-order valence-electron chi connectivity index (χ1n) is 8.49. The van der Waals surface area contributed by atoms with Gasteiger partial charge in [0, 0.05) is 5.75 Å². The Labute approximate surface area is 155 Å². The van der Waals surface area contributed by atoms with Gasteiger partial charge in [0.1, 0.15) is 0 Å². The third-order valence-corrected chi connectivity index (χ3v) is 10.0. The van der Waals surface area contributed by atoms with Gasteiger partial charge < -0.3 is 9.53 Å². The molecule has 2 rings (SSSR count). The average Bonchev–Trinajstić information content (AvgIpc) is 3.01. The van der Waals surface area contributed by atoms with Gasteiger partial charge in [-0.3, -0.25) is 0 Å². The van der Waals surface area contributed by atoms with Gasteiger partial charge in [0.2, 0.25) is 5.16 Å². The molecule has 0 unspecified atom stereocenters. The molecule has 8 heteroatoms. The van der Waals surface area contributed by atoms with Crippen LogP contribution in [0.5, 0.6) is 0 Å². The molecule has 0 radical (unpaired) electrons. The lowest BCUT2D eigenvalue weighted by Crippen LogP contribution is -2.42. The number of aliphatic hydroxyl groups is 1. The molecule has 6 nitrogen and oxygen atoms in total. The summed E-state index contributed by atoms with van der Waals surface area (Å²) in [6.07, 6.45) is 0.170. The summed E-state index contributed by atoms with van der Waals surface area (Å²) in [5, 5.41) is 22.9. The normalized spacial score (nSPS) is 13.8. The van der Waals surface area contributed by atoms with Crippen LogP contribution in [0, 0.1) is 0 Å². The predicted octanol–water partition coefficient (Wildman–Crippen LogP) is 3.53. The number of aliphatic hydroxyl groups excluding tert-OH is 1. The van der Waals surface area contributed by atoms with Crippen molar-refractivity contribution in [2.24, 2.45) is 0 Å². The van der Waals surface area contributed by atoms with Crippen molar-refractivity contribution in [3.63, 3.8) is 0 Å². The third-order valence-electron chi connectivity index (χ3n) is 4.57. The Bertz CT molecular complexity index is 658. The van der Waals surface area contributed by atoms with E-state index in [2.05, 4.69) is 49.4 Å². The number of nitrogens with zero attached hydrogens (tertiary/aromatic N) is 4. The maximum Gasteiger partial charge on any atom is 0.214 e. The van der Waals surface area contributed by atoms with Gasteiger partial charge in [0.15, 0.2) is 8.32 Å². The Balaban J connectivity index is 1.81. The number of para-hydroxylation sites is 1. The highest BCUT2D eigenvalue weighted by molar-refractivity contribution is 7.99. The molecule has 0 bridgehead atoms. The van der Waals surface area contributed by atoms with Crippen molar-refractivity contribution in [2.75, 3.05) is 12.4 Å². The maximum atomic E-state index is 10.2. The molecular formula is C17H28N4O2SSi. The first-order valence-corrected chi connectivity index (χ1v) is 12.4. The number of aromatic nitrogens is 4. The second-order valence-electron chi connectivity index (χ2n) is 7.57. The lowest BCUT2D eigenvalue weighted by molar-refractivity contribution is 0.0978. The average molecular weight is 381 g/mol. The first kappa shape index (κ1) is 20.1. The summed E-state index contributed by atoms with van der Waals surface area (Å²) in [7, 11) is -1.82. The molecule has 0 aliphatic carbocycles. The van der Waals surface area contributed by atoms with E-state index in [1.807, 2.05) is 30.3 Å². The van der Waals surface area contributed by atoms with Crippen LogP contribution in [-0.2, 0) is 4.43 Å². The second kappa shape index (κ2) is 8.44. The number of hydrogen-bond donors (Lipinski definition) is 1. The van der Waals surface area contributed by atoms with Crippen LogP contribution in [0.25, 0.3) is 5.69 Å². The Morgan fingerprint density at radius 1 is 1.24 bits per heavy atom. The largest absolute Gasteiger partial charge is 0.414 e. The Morgan fingerprint density at radius 3 is 2.56 bits per heavy atom. The molecule has 1 aromatic heterocycles. The van der Waals surface area contributed by atoms with Gasteiger partial charge in [-0.05, 0) is 47.1 Å². The van der Waals surface area contributed by atoms with Crippen LogP contribution < -0.4 is 0 Å². The fourth-order valence-corrected chi connectivity index (χ4v) is 3.86. The molecule has 0 aliphatic heterocycles. The Kier molecular flexibility index (Phi) is 6.78. The van der Waals surface area contributed by atoms with Crippen molar-refractivity contribution in [1.29, 1.82) is 0 Å². The molecule has 0 saturated heterocycles. The molecular weight excluding hydrogens is 352 g/mol. The summed E-state index contributed by atoms with van der Waals surface area (Å²) in [5.74, 6) is 0.731. The molecule has 0 aliphatic rings. The van der Waals surface area contributed by atoms with Crippen molar-refractivity contribution in [1.82, 2.24) is 20.2 Å². The quantitative estimate of drug-likeness (QED) is 0.558. The summed E-state index contributed by atoms with van der Waals surface area (Å²) in [6.45, 7) is 11.4. The van der Waals surface area contributed by atoms with E-state index in [0.29, 0.717) is 13.0 Å². The molecule has 1 N–H and O–H groups in total. The van der Waals surface area contributed by atoms with Crippen LogP contribution in [-0.4, -0.2) is 52.1 Å². The van der Waals surface area contributed by atoms with Crippen molar-refractivity contribution >= 4 is 20.1 Å². The number of hydrogen-bond acceptors (Lipinski definition) is 6. The van der Waals surface area contributed by atoms with Gasteiger partial charge in [-0.1, -0.05) is 50.7 Å². The van der Waals surface area contributed by atoms with E-state index in [1.54, 1.807) is 4.68 Å². The van der Waals surface area contributed by atoms with Crippen molar-refractivity contribution in [3.05, 3.63) is 30.3 Å². The summed E-state index contributed by atoms with van der Waals surface area (Å²) >= 11 is 1.54. The highest BCUT2D eigenvalue weighted by Crippen LogP contribution is 2.36. The summed E-state index contributed by atoms with van der Waals surface area (Å²) in [6, 6.07) is 9.78. The van der Waals surface area contributed by atoms with Gasteiger partial charge in [0.05, 0.1) is 18.4 Å². The Morgan fingerprint density at radius 2 is 1.92 bits per heavy atom. The van der Waals surface area contributed by atoms with Gasteiger partial charge in [0.25, 0.3) is 0 Å². The number of tetrazole rings is 1. The van der Waals surface area contributed by atoms with Crippen molar-refractivity contribution in [2.45, 2.75) is 56.6 Å². The zero-order valence-corrected chi connectivity index (χ0v) is 17.5. The zero-order valence-electron chi connectivity index (χ0n) is 15.6. The smallest absolute Gasteiger partial charge is 0.214 e. The summed E-state index contributed by atoms with van der Waals surface area (Å²) < 4.78 is 7.78. The molecule has 0 saturated carbocycles. The highest BCUT2D eigenvalue weighted by Gasteiger charge is 2.37. The van der Waals surface area contributed by atoms with Crippen LogP contribution in [0.4, 0.5) is 0 Å². The van der Waals surface area contributed by atoms with Crippen LogP contribution >= 0.6 is 11.8 Å². The number of benzene rings is 1. The van der Waals surface area contributed by atoms with Crippen LogP contribution in [0.15, 0.2) is 35.5 Å².